The van der Waals surface area contributed by atoms with Gasteiger partial charge < -0.3 is 19.5 Å². The van der Waals surface area contributed by atoms with Crippen LogP contribution < -0.4 is 9.64 Å². The SMILES string of the molecule is COc1cccc(C(=O)N2CCN(c3ncnc4[nH]ccc34)CC23CC3)c1. The molecule has 1 aromatic carbocycles. The number of carbonyl (C=O) groups is 1. The predicted molar refractivity (Wildman–Crippen MR) is 102 cm³/mol. The Kier molecular flexibility index (Phi) is 3.56. The summed E-state index contributed by atoms with van der Waals surface area (Å²) in [4.78, 5) is 29.4. The third-order valence-electron chi connectivity index (χ3n) is 5.67. The van der Waals surface area contributed by atoms with Crippen molar-refractivity contribution in [2.75, 3.05) is 31.6 Å². The summed E-state index contributed by atoms with van der Waals surface area (Å²) in [5.74, 6) is 1.74. The van der Waals surface area contributed by atoms with Crippen LogP contribution in [0.15, 0.2) is 42.9 Å². The van der Waals surface area contributed by atoms with E-state index >= 15 is 0 Å². The van der Waals surface area contributed by atoms with Crippen LogP contribution >= 0.6 is 0 Å². The van der Waals surface area contributed by atoms with Gasteiger partial charge in [0.25, 0.3) is 5.91 Å². The van der Waals surface area contributed by atoms with Gasteiger partial charge in [0.1, 0.15) is 23.5 Å². The van der Waals surface area contributed by atoms with Crippen molar-refractivity contribution < 1.29 is 9.53 Å². The first kappa shape index (κ1) is 16.1. The minimum Gasteiger partial charge on any atom is -0.497 e. The standard InChI is InChI=1S/C20H21N5O2/c1-27-15-4-2-3-14(11-15)19(26)25-10-9-24(12-20(25)6-7-20)18-16-5-8-21-17(16)22-13-23-18/h2-5,8,11,13H,6-7,9-10,12H2,1H3,(H,21,22,23). The molecule has 1 saturated carbocycles. The number of H-pyrrole nitrogens is 1. The van der Waals surface area contributed by atoms with E-state index in [1.807, 2.05) is 41.4 Å². The number of nitrogens with zero attached hydrogens (tertiary/aromatic N) is 4. The number of fused-ring (bicyclic) bond motifs is 1. The van der Waals surface area contributed by atoms with Crippen LogP contribution in [-0.4, -0.2) is 58.0 Å². The maximum absolute atomic E-state index is 13.2. The van der Waals surface area contributed by atoms with E-state index in [1.165, 1.54) is 0 Å². The number of amides is 1. The van der Waals surface area contributed by atoms with Crippen LogP contribution in [0.1, 0.15) is 23.2 Å². The molecule has 0 atom stereocenters. The summed E-state index contributed by atoms with van der Waals surface area (Å²) in [6, 6.07) is 9.42. The fraction of sp³-hybridized carbons (Fsp3) is 0.350. The summed E-state index contributed by atoms with van der Waals surface area (Å²) in [7, 11) is 1.62. The van der Waals surface area contributed by atoms with E-state index in [2.05, 4.69) is 19.9 Å². The lowest BCUT2D eigenvalue weighted by Crippen LogP contribution is -2.57. The molecule has 1 saturated heterocycles. The lowest BCUT2D eigenvalue weighted by Gasteiger charge is -2.43. The van der Waals surface area contributed by atoms with E-state index in [0.29, 0.717) is 17.9 Å². The fourth-order valence-electron chi connectivity index (χ4n) is 4.07. The van der Waals surface area contributed by atoms with E-state index in [1.54, 1.807) is 13.4 Å². The zero-order valence-corrected chi connectivity index (χ0v) is 15.2. The van der Waals surface area contributed by atoms with Crippen molar-refractivity contribution in [1.29, 1.82) is 0 Å². The van der Waals surface area contributed by atoms with Gasteiger partial charge in [0.05, 0.1) is 18.0 Å². The molecule has 3 aromatic rings. The topological polar surface area (TPSA) is 74.3 Å². The molecule has 0 radical (unpaired) electrons. The smallest absolute Gasteiger partial charge is 0.254 e. The van der Waals surface area contributed by atoms with Gasteiger partial charge in [-0.05, 0) is 37.1 Å². The maximum Gasteiger partial charge on any atom is 0.254 e. The van der Waals surface area contributed by atoms with Crippen LogP contribution in [0.25, 0.3) is 11.0 Å². The van der Waals surface area contributed by atoms with Gasteiger partial charge in [-0.15, -0.1) is 0 Å². The van der Waals surface area contributed by atoms with Gasteiger partial charge in [0.15, 0.2) is 0 Å². The highest BCUT2D eigenvalue weighted by molar-refractivity contribution is 5.96. The zero-order valence-electron chi connectivity index (χ0n) is 15.2. The second-order valence-corrected chi connectivity index (χ2v) is 7.27. The van der Waals surface area contributed by atoms with Gasteiger partial charge in [0, 0.05) is 31.4 Å². The summed E-state index contributed by atoms with van der Waals surface area (Å²) in [6.07, 6.45) is 5.54. The molecule has 2 fully saturated rings. The molecule has 1 aliphatic heterocycles. The number of nitrogens with one attached hydrogen (secondary N) is 1. The highest BCUT2D eigenvalue weighted by Gasteiger charge is 2.53. The predicted octanol–water partition coefficient (Wildman–Crippen LogP) is 2.46. The molecule has 0 unspecified atom stereocenters. The second-order valence-electron chi connectivity index (χ2n) is 7.27. The van der Waals surface area contributed by atoms with E-state index < -0.39 is 0 Å². The summed E-state index contributed by atoms with van der Waals surface area (Å²) in [5, 5.41) is 1.03. The van der Waals surface area contributed by atoms with E-state index in [-0.39, 0.29) is 11.4 Å². The zero-order chi connectivity index (χ0) is 18.4. The van der Waals surface area contributed by atoms with Crippen LogP contribution in [0.4, 0.5) is 5.82 Å². The van der Waals surface area contributed by atoms with Crippen LogP contribution in [0.3, 0.4) is 0 Å². The number of methoxy groups -OCH3 is 1. The molecule has 7 heteroatoms. The van der Waals surface area contributed by atoms with Crippen LogP contribution in [0.2, 0.25) is 0 Å². The first-order valence-corrected chi connectivity index (χ1v) is 9.19. The van der Waals surface area contributed by atoms with Gasteiger partial charge in [-0.25, -0.2) is 9.97 Å². The van der Waals surface area contributed by atoms with Gasteiger partial charge in [-0.1, -0.05) is 6.07 Å². The van der Waals surface area contributed by atoms with E-state index in [9.17, 15) is 4.79 Å². The molecule has 138 valence electrons. The number of carbonyl (C=O) groups excluding carboxylic acids is 1. The van der Waals surface area contributed by atoms with E-state index in [4.69, 9.17) is 4.74 Å². The molecule has 0 bridgehead atoms. The molecule has 27 heavy (non-hydrogen) atoms. The van der Waals surface area contributed by atoms with Crippen LogP contribution in [0.5, 0.6) is 5.75 Å². The summed E-state index contributed by atoms with van der Waals surface area (Å²) in [5.41, 5.74) is 1.44. The molecular weight excluding hydrogens is 342 g/mol. The Balaban J connectivity index is 1.41. The lowest BCUT2D eigenvalue weighted by atomic mass is 10.1. The number of anilines is 1. The minimum absolute atomic E-state index is 0.0838. The molecule has 5 rings (SSSR count). The van der Waals surface area contributed by atoms with Crippen molar-refractivity contribution in [2.45, 2.75) is 18.4 Å². The van der Waals surface area contributed by atoms with Crippen molar-refractivity contribution in [2.24, 2.45) is 0 Å². The van der Waals surface area contributed by atoms with Crippen molar-refractivity contribution in [3.05, 3.63) is 48.4 Å². The van der Waals surface area contributed by atoms with Crippen LogP contribution in [0, 0.1) is 0 Å². The van der Waals surface area contributed by atoms with Crippen molar-refractivity contribution in [1.82, 2.24) is 19.9 Å². The molecule has 1 N–H and O–H groups in total. The summed E-state index contributed by atoms with van der Waals surface area (Å²) in [6.45, 7) is 2.25. The Morgan fingerprint density at radius 1 is 1.22 bits per heavy atom. The van der Waals surface area contributed by atoms with E-state index in [0.717, 1.165) is 42.8 Å². The minimum atomic E-state index is -0.0913. The third-order valence-corrected chi connectivity index (χ3v) is 5.67. The number of ether oxygens (including phenoxy) is 1. The van der Waals surface area contributed by atoms with Gasteiger partial charge >= 0.3 is 0 Å². The quantitative estimate of drug-likeness (QED) is 0.774. The number of piperazine rings is 1. The number of benzene rings is 1. The molecule has 1 amide bonds. The molecule has 2 aromatic heterocycles. The highest BCUT2D eigenvalue weighted by Crippen LogP contribution is 2.46. The Hall–Kier alpha value is -3.09. The highest BCUT2D eigenvalue weighted by atomic mass is 16.5. The molecule has 1 spiro atoms. The molecule has 2 aliphatic rings. The summed E-state index contributed by atoms with van der Waals surface area (Å²) >= 11 is 0. The van der Waals surface area contributed by atoms with Crippen molar-refractivity contribution in [3.8, 4) is 5.75 Å². The Bertz CT molecular complexity index is 1010. The lowest BCUT2D eigenvalue weighted by molar-refractivity contribution is 0.0624. The van der Waals surface area contributed by atoms with Gasteiger partial charge in [0.2, 0.25) is 0 Å². The molecular formula is C20H21N5O2. The molecule has 1 aliphatic carbocycles. The number of rotatable bonds is 3. The number of aromatic amines is 1. The second kappa shape index (κ2) is 5.97. The van der Waals surface area contributed by atoms with Crippen molar-refractivity contribution in [3.63, 3.8) is 0 Å². The normalized spacial score (nSPS) is 18.1. The van der Waals surface area contributed by atoms with Crippen molar-refractivity contribution >= 4 is 22.8 Å². The number of hydrogen-bond donors (Lipinski definition) is 1. The Morgan fingerprint density at radius 3 is 2.93 bits per heavy atom. The first-order chi connectivity index (χ1) is 13.2. The Labute approximate surface area is 157 Å². The average Bonchev–Trinajstić information content (AvgIpc) is 3.29. The maximum atomic E-state index is 13.2. The van der Waals surface area contributed by atoms with Gasteiger partial charge in [-0.3, -0.25) is 4.79 Å². The van der Waals surface area contributed by atoms with Gasteiger partial charge in [-0.2, -0.15) is 0 Å². The number of aromatic nitrogens is 3. The average molecular weight is 363 g/mol. The Morgan fingerprint density at radius 2 is 2.11 bits per heavy atom. The molecule has 3 heterocycles. The monoisotopic (exact) mass is 363 g/mol. The summed E-state index contributed by atoms with van der Waals surface area (Å²) < 4.78 is 5.27. The first-order valence-electron chi connectivity index (χ1n) is 9.19. The van der Waals surface area contributed by atoms with Crippen LogP contribution in [-0.2, 0) is 0 Å². The fourth-order valence-corrected chi connectivity index (χ4v) is 4.07. The third kappa shape index (κ3) is 2.61. The molecule has 7 nitrogen and oxygen atoms in total. The largest absolute Gasteiger partial charge is 0.497 e. The number of hydrogen-bond acceptors (Lipinski definition) is 5.